The van der Waals surface area contributed by atoms with Gasteiger partial charge >= 0.3 is 0 Å². The highest BCUT2D eigenvalue weighted by Crippen LogP contribution is 1.95. The Balaban J connectivity index is 2.16. The van der Waals surface area contributed by atoms with E-state index in [-0.39, 0.29) is 5.75 Å². The fourth-order valence-corrected chi connectivity index (χ4v) is 1.57. The molecule has 1 heterocycles. The van der Waals surface area contributed by atoms with E-state index in [9.17, 15) is 8.42 Å². The summed E-state index contributed by atoms with van der Waals surface area (Å²) in [5.41, 5.74) is 0. The van der Waals surface area contributed by atoms with E-state index in [0.29, 0.717) is 18.9 Å². The molecule has 0 unspecified atom stereocenters. The maximum Gasteiger partial charge on any atom is 0.200 e. The maximum absolute atomic E-state index is 10.7. The number of hydrogen-bond donors (Lipinski definition) is 2. The molecule has 13 heavy (non-hydrogen) atoms. The number of sulfone groups is 1. The highest BCUT2D eigenvalue weighted by molar-refractivity contribution is 7.90. The standard InChI is InChI=1S/C7H13N3O2S/c1-13(11,12)6-2-3-8-7-9-4-5-10-7/h4-5H,2-3,6H2,1H3,(H2,8,9,10). The summed E-state index contributed by atoms with van der Waals surface area (Å²) >= 11 is 0. The third-order valence-corrected chi connectivity index (χ3v) is 2.51. The van der Waals surface area contributed by atoms with Gasteiger partial charge in [-0.05, 0) is 6.42 Å². The van der Waals surface area contributed by atoms with Crippen molar-refractivity contribution in [2.24, 2.45) is 0 Å². The van der Waals surface area contributed by atoms with E-state index in [1.807, 2.05) is 0 Å². The number of aromatic amines is 1. The number of hydrogen-bond acceptors (Lipinski definition) is 4. The fraction of sp³-hybridized carbons (Fsp3) is 0.571. The van der Waals surface area contributed by atoms with Gasteiger partial charge in [0.1, 0.15) is 9.84 Å². The van der Waals surface area contributed by atoms with Gasteiger partial charge in [0.15, 0.2) is 5.95 Å². The number of nitrogens with zero attached hydrogens (tertiary/aromatic N) is 1. The smallest absolute Gasteiger partial charge is 0.200 e. The first-order valence-electron chi connectivity index (χ1n) is 3.99. The van der Waals surface area contributed by atoms with Crippen LogP contribution in [0.25, 0.3) is 0 Å². The molecule has 74 valence electrons. The van der Waals surface area contributed by atoms with Gasteiger partial charge in [-0.15, -0.1) is 0 Å². The largest absolute Gasteiger partial charge is 0.356 e. The highest BCUT2D eigenvalue weighted by Gasteiger charge is 2.00. The fourth-order valence-electron chi connectivity index (χ4n) is 0.903. The van der Waals surface area contributed by atoms with Crippen LogP contribution < -0.4 is 5.32 Å². The van der Waals surface area contributed by atoms with Crippen molar-refractivity contribution in [3.8, 4) is 0 Å². The lowest BCUT2D eigenvalue weighted by Gasteiger charge is -2.00. The van der Waals surface area contributed by atoms with Gasteiger partial charge in [0, 0.05) is 25.2 Å². The van der Waals surface area contributed by atoms with E-state index in [0.717, 1.165) is 0 Å². The van der Waals surface area contributed by atoms with Crippen LogP contribution in [0.1, 0.15) is 6.42 Å². The van der Waals surface area contributed by atoms with Gasteiger partial charge in [0.2, 0.25) is 0 Å². The molecule has 1 rings (SSSR count). The summed E-state index contributed by atoms with van der Waals surface area (Å²) in [5, 5.41) is 2.97. The molecular formula is C7H13N3O2S. The van der Waals surface area contributed by atoms with Crippen molar-refractivity contribution in [3.05, 3.63) is 12.4 Å². The summed E-state index contributed by atoms with van der Waals surface area (Å²) < 4.78 is 21.5. The van der Waals surface area contributed by atoms with Crippen LogP contribution in [-0.2, 0) is 9.84 Å². The van der Waals surface area contributed by atoms with Crippen molar-refractivity contribution in [2.45, 2.75) is 6.42 Å². The number of rotatable bonds is 5. The predicted molar refractivity (Wildman–Crippen MR) is 51.4 cm³/mol. The Labute approximate surface area is 77.5 Å². The number of nitrogens with one attached hydrogen (secondary N) is 2. The molecule has 2 N–H and O–H groups in total. The molecule has 0 aromatic carbocycles. The SMILES string of the molecule is CS(=O)(=O)CCCNc1ncc[nH]1. The average molecular weight is 203 g/mol. The van der Waals surface area contributed by atoms with Crippen molar-refractivity contribution in [3.63, 3.8) is 0 Å². The minimum atomic E-state index is -2.84. The third kappa shape index (κ3) is 4.51. The molecule has 6 heteroatoms. The van der Waals surface area contributed by atoms with Crippen molar-refractivity contribution < 1.29 is 8.42 Å². The van der Waals surface area contributed by atoms with Crippen LogP contribution in [0, 0.1) is 0 Å². The molecular weight excluding hydrogens is 190 g/mol. The molecule has 0 bridgehead atoms. The van der Waals surface area contributed by atoms with Crippen LogP contribution in [-0.4, -0.2) is 36.9 Å². The first-order chi connectivity index (χ1) is 6.08. The zero-order valence-electron chi connectivity index (χ0n) is 7.45. The van der Waals surface area contributed by atoms with Crippen LogP contribution in [0.3, 0.4) is 0 Å². The van der Waals surface area contributed by atoms with E-state index < -0.39 is 9.84 Å². The second kappa shape index (κ2) is 4.27. The maximum atomic E-state index is 10.7. The molecule has 0 fully saturated rings. The lowest BCUT2D eigenvalue weighted by Crippen LogP contribution is -2.10. The van der Waals surface area contributed by atoms with Crippen molar-refractivity contribution in [2.75, 3.05) is 23.9 Å². The van der Waals surface area contributed by atoms with Gasteiger partial charge in [-0.3, -0.25) is 0 Å². The Kier molecular flexibility index (Phi) is 3.30. The van der Waals surface area contributed by atoms with Crippen LogP contribution in [0.4, 0.5) is 5.95 Å². The summed E-state index contributed by atoms with van der Waals surface area (Å²) in [6.07, 6.45) is 5.18. The van der Waals surface area contributed by atoms with Gasteiger partial charge in [-0.2, -0.15) is 0 Å². The predicted octanol–water partition coefficient (Wildman–Crippen LogP) is 0.256. The Bertz CT molecular complexity index is 331. The summed E-state index contributed by atoms with van der Waals surface area (Å²) in [4.78, 5) is 6.80. The quantitative estimate of drug-likeness (QED) is 0.673. The Morgan fingerprint density at radius 3 is 2.92 bits per heavy atom. The zero-order valence-corrected chi connectivity index (χ0v) is 8.26. The Morgan fingerprint density at radius 2 is 2.38 bits per heavy atom. The van der Waals surface area contributed by atoms with Gasteiger partial charge in [0.25, 0.3) is 0 Å². The summed E-state index contributed by atoms with van der Waals surface area (Å²) in [7, 11) is -2.84. The normalized spacial score (nSPS) is 11.5. The molecule has 0 saturated carbocycles. The topological polar surface area (TPSA) is 74.8 Å². The van der Waals surface area contributed by atoms with Crippen molar-refractivity contribution in [1.29, 1.82) is 0 Å². The second-order valence-corrected chi connectivity index (χ2v) is 5.11. The molecule has 0 radical (unpaired) electrons. The number of aromatic nitrogens is 2. The molecule has 0 saturated heterocycles. The number of anilines is 1. The van der Waals surface area contributed by atoms with Crippen LogP contribution in [0.2, 0.25) is 0 Å². The lowest BCUT2D eigenvalue weighted by atomic mass is 10.5. The lowest BCUT2D eigenvalue weighted by molar-refractivity contribution is 0.600. The molecule has 0 amide bonds. The first-order valence-corrected chi connectivity index (χ1v) is 6.05. The monoisotopic (exact) mass is 203 g/mol. The Hall–Kier alpha value is -1.04. The molecule has 1 aromatic heterocycles. The molecule has 0 aliphatic heterocycles. The van der Waals surface area contributed by atoms with E-state index in [1.165, 1.54) is 6.26 Å². The minimum Gasteiger partial charge on any atom is -0.356 e. The number of imidazole rings is 1. The molecule has 0 spiro atoms. The minimum absolute atomic E-state index is 0.209. The van der Waals surface area contributed by atoms with Gasteiger partial charge < -0.3 is 10.3 Å². The van der Waals surface area contributed by atoms with Crippen LogP contribution in [0.15, 0.2) is 12.4 Å². The summed E-state index contributed by atoms with van der Waals surface area (Å²) in [6.45, 7) is 0.612. The zero-order chi connectivity index (χ0) is 9.73. The molecule has 0 aliphatic carbocycles. The van der Waals surface area contributed by atoms with Crippen LogP contribution >= 0.6 is 0 Å². The van der Waals surface area contributed by atoms with Gasteiger partial charge in [-0.1, -0.05) is 0 Å². The molecule has 1 aromatic rings. The van der Waals surface area contributed by atoms with Crippen molar-refractivity contribution >= 4 is 15.8 Å². The Morgan fingerprint density at radius 1 is 1.62 bits per heavy atom. The van der Waals surface area contributed by atoms with E-state index in [1.54, 1.807) is 12.4 Å². The second-order valence-electron chi connectivity index (χ2n) is 2.85. The van der Waals surface area contributed by atoms with Crippen LogP contribution in [0.5, 0.6) is 0 Å². The van der Waals surface area contributed by atoms with E-state index in [2.05, 4.69) is 15.3 Å². The first kappa shape index (κ1) is 10.0. The summed E-state index contributed by atoms with van der Waals surface area (Å²) in [6, 6.07) is 0. The average Bonchev–Trinajstić information content (AvgIpc) is 2.48. The highest BCUT2D eigenvalue weighted by atomic mass is 32.2. The van der Waals surface area contributed by atoms with E-state index >= 15 is 0 Å². The third-order valence-electron chi connectivity index (χ3n) is 1.48. The van der Waals surface area contributed by atoms with Crippen molar-refractivity contribution in [1.82, 2.24) is 9.97 Å². The molecule has 0 atom stereocenters. The number of H-pyrrole nitrogens is 1. The van der Waals surface area contributed by atoms with Gasteiger partial charge in [0.05, 0.1) is 5.75 Å². The summed E-state index contributed by atoms with van der Waals surface area (Å²) in [5.74, 6) is 0.884. The van der Waals surface area contributed by atoms with E-state index in [4.69, 9.17) is 0 Å². The van der Waals surface area contributed by atoms with Gasteiger partial charge in [-0.25, -0.2) is 13.4 Å². The molecule has 5 nitrogen and oxygen atoms in total. The molecule has 0 aliphatic rings.